The molecule has 1 aromatic heterocycles. The maximum atomic E-state index is 5.69. The molecule has 2 aromatic rings. The Bertz CT molecular complexity index is 587. The third-order valence-corrected chi connectivity index (χ3v) is 4.04. The molecular weight excluding hydrogens is 272 g/mol. The highest BCUT2D eigenvalue weighted by molar-refractivity contribution is 7.98. The number of nitrogens with two attached hydrogens (primary N) is 1. The summed E-state index contributed by atoms with van der Waals surface area (Å²) in [6.45, 7) is 1.43. The summed E-state index contributed by atoms with van der Waals surface area (Å²) in [5, 5.41) is 0. The molecule has 0 radical (unpaired) electrons. The first kappa shape index (κ1) is 13.1. The van der Waals surface area contributed by atoms with Crippen LogP contribution in [0.2, 0.25) is 0 Å². The quantitative estimate of drug-likeness (QED) is 0.879. The van der Waals surface area contributed by atoms with Crippen LogP contribution in [0.15, 0.2) is 41.4 Å². The van der Waals surface area contributed by atoms with E-state index in [2.05, 4.69) is 11.1 Å². The SMILES string of the molecule is Nc1ccc(CSc2ccc3c(c2)OCCCO3)cn1. The van der Waals surface area contributed by atoms with E-state index in [0.29, 0.717) is 12.4 Å². The van der Waals surface area contributed by atoms with Crippen molar-refractivity contribution in [2.75, 3.05) is 18.9 Å². The number of hydrogen-bond donors (Lipinski definition) is 1. The van der Waals surface area contributed by atoms with Crippen molar-refractivity contribution in [3.8, 4) is 11.5 Å². The van der Waals surface area contributed by atoms with Crippen LogP contribution in [0.4, 0.5) is 5.82 Å². The second-order valence-corrected chi connectivity index (χ2v) is 5.59. The molecule has 0 saturated heterocycles. The molecule has 0 fully saturated rings. The van der Waals surface area contributed by atoms with Crippen molar-refractivity contribution in [1.29, 1.82) is 0 Å². The third kappa shape index (κ3) is 3.17. The lowest BCUT2D eigenvalue weighted by Crippen LogP contribution is -1.97. The van der Waals surface area contributed by atoms with Gasteiger partial charge in [0.2, 0.25) is 0 Å². The second-order valence-electron chi connectivity index (χ2n) is 4.54. The number of aromatic nitrogens is 1. The maximum Gasteiger partial charge on any atom is 0.162 e. The highest BCUT2D eigenvalue weighted by Gasteiger charge is 2.10. The van der Waals surface area contributed by atoms with Crippen LogP contribution in [0.25, 0.3) is 0 Å². The van der Waals surface area contributed by atoms with Gasteiger partial charge in [-0.25, -0.2) is 4.98 Å². The zero-order valence-electron chi connectivity index (χ0n) is 11.0. The standard InChI is InChI=1S/C15H16N2O2S/c16-15-5-2-11(9-17-15)10-20-12-3-4-13-14(8-12)19-7-1-6-18-13/h2-5,8-9H,1,6-7,10H2,(H2,16,17). The van der Waals surface area contributed by atoms with Crippen molar-refractivity contribution in [1.82, 2.24) is 4.98 Å². The van der Waals surface area contributed by atoms with Gasteiger partial charge in [0.25, 0.3) is 0 Å². The Hall–Kier alpha value is -1.88. The number of rotatable bonds is 3. The Balaban J connectivity index is 1.68. The van der Waals surface area contributed by atoms with Crippen molar-refractivity contribution in [2.24, 2.45) is 0 Å². The Kier molecular flexibility index (Phi) is 3.97. The lowest BCUT2D eigenvalue weighted by Gasteiger charge is -2.09. The van der Waals surface area contributed by atoms with Gasteiger partial charge >= 0.3 is 0 Å². The van der Waals surface area contributed by atoms with E-state index in [-0.39, 0.29) is 0 Å². The van der Waals surface area contributed by atoms with Crippen LogP contribution in [0.5, 0.6) is 11.5 Å². The van der Waals surface area contributed by atoms with E-state index in [0.717, 1.165) is 40.7 Å². The Morgan fingerprint density at radius 3 is 2.75 bits per heavy atom. The number of anilines is 1. The van der Waals surface area contributed by atoms with Gasteiger partial charge in [-0.3, -0.25) is 0 Å². The molecule has 0 spiro atoms. The summed E-state index contributed by atoms with van der Waals surface area (Å²) in [4.78, 5) is 5.25. The zero-order chi connectivity index (χ0) is 13.8. The maximum absolute atomic E-state index is 5.69. The molecule has 5 heteroatoms. The van der Waals surface area contributed by atoms with Gasteiger partial charge in [0.15, 0.2) is 11.5 Å². The number of nitrogens with zero attached hydrogens (tertiary/aromatic N) is 1. The van der Waals surface area contributed by atoms with E-state index in [1.54, 1.807) is 11.8 Å². The monoisotopic (exact) mass is 288 g/mol. The fourth-order valence-electron chi connectivity index (χ4n) is 1.92. The fraction of sp³-hybridized carbons (Fsp3) is 0.267. The van der Waals surface area contributed by atoms with Gasteiger partial charge in [-0.15, -0.1) is 11.8 Å². The molecule has 2 heterocycles. The van der Waals surface area contributed by atoms with E-state index < -0.39 is 0 Å². The molecule has 1 aliphatic rings. The Labute approximate surface area is 122 Å². The number of thioether (sulfide) groups is 1. The van der Waals surface area contributed by atoms with E-state index in [9.17, 15) is 0 Å². The average molecular weight is 288 g/mol. The van der Waals surface area contributed by atoms with E-state index in [1.807, 2.05) is 30.5 Å². The third-order valence-electron chi connectivity index (χ3n) is 2.97. The minimum atomic E-state index is 0.550. The average Bonchev–Trinajstić information content (AvgIpc) is 2.71. The zero-order valence-corrected chi connectivity index (χ0v) is 11.9. The molecule has 4 nitrogen and oxygen atoms in total. The molecule has 0 saturated carbocycles. The second kappa shape index (κ2) is 6.05. The number of benzene rings is 1. The molecule has 1 aromatic carbocycles. The number of pyridine rings is 1. The number of fused-ring (bicyclic) bond motifs is 1. The molecule has 20 heavy (non-hydrogen) atoms. The minimum absolute atomic E-state index is 0.550. The van der Waals surface area contributed by atoms with E-state index in [4.69, 9.17) is 15.2 Å². The summed E-state index contributed by atoms with van der Waals surface area (Å²) in [7, 11) is 0. The Morgan fingerprint density at radius 2 is 1.95 bits per heavy atom. The topological polar surface area (TPSA) is 57.4 Å². The van der Waals surface area contributed by atoms with Gasteiger partial charge in [-0.05, 0) is 29.8 Å². The molecule has 0 atom stereocenters. The predicted molar refractivity (Wildman–Crippen MR) is 80.3 cm³/mol. The van der Waals surface area contributed by atoms with Crippen LogP contribution < -0.4 is 15.2 Å². The summed E-state index contributed by atoms with van der Waals surface area (Å²) in [6, 6.07) is 9.89. The molecule has 0 amide bonds. The molecule has 3 rings (SSSR count). The summed E-state index contributed by atoms with van der Waals surface area (Å²) < 4.78 is 11.3. The van der Waals surface area contributed by atoms with Gasteiger partial charge < -0.3 is 15.2 Å². The van der Waals surface area contributed by atoms with Gasteiger partial charge in [0.05, 0.1) is 13.2 Å². The molecule has 0 aliphatic carbocycles. The van der Waals surface area contributed by atoms with Crippen molar-refractivity contribution in [3.63, 3.8) is 0 Å². The van der Waals surface area contributed by atoms with E-state index in [1.165, 1.54) is 0 Å². The van der Waals surface area contributed by atoms with Gasteiger partial charge in [-0.2, -0.15) is 0 Å². The first-order chi connectivity index (χ1) is 9.81. The highest BCUT2D eigenvalue weighted by Crippen LogP contribution is 2.34. The highest BCUT2D eigenvalue weighted by atomic mass is 32.2. The summed E-state index contributed by atoms with van der Waals surface area (Å²) in [6.07, 6.45) is 2.74. The molecule has 0 unspecified atom stereocenters. The molecule has 0 bridgehead atoms. The van der Waals surface area contributed by atoms with Crippen molar-refractivity contribution in [2.45, 2.75) is 17.1 Å². The lowest BCUT2D eigenvalue weighted by atomic mass is 10.3. The van der Waals surface area contributed by atoms with Crippen LogP contribution in [0.1, 0.15) is 12.0 Å². The molecular formula is C15H16N2O2S. The van der Waals surface area contributed by atoms with Crippen LogP contribution in [0.3, 0.4) is 0 Å². The molecule has 1 aliphatic heterocycles. The van der Waals surface area contributed by atoms with Crippen molar-refractivity contribution in [3.05, 3.63) is 42.1 Å². The predicted octanol–water partition coefficient (Wildman–Crippen LogP) is 3.12. The Morgan fingerprint density at radius 1 is 1.10 bits per heavy atom. The number of hydrogen-bond acceptors (Lipinski definition) is 5. The first-order valence-corrected chi connectivity index (χ1v) is 7.53. The normalized spacial score (nSPS) is 13.8. The van der Waals surface area contributed by atoms with E-state index >= 15 is 0 Å². The molecule has 104 valence electrons. The largest absolute Gasteiger partial charge is 0.490 e. The smallest absolute Gasteiger partial charge is 0.162 e. The minimum Gasteiger partial charge on any atom is -0.490 e. The summed E-state index contributed by atoms with van der Waals surface area (Å²) in [5.74, 6) is 3.07. The van der Waals surface area contributed by atoms with Crippen molar-refractivity contribution < 1.29 is 9.47 Å². The number of nitrogen functional groups attached to an aromatic ring is 1. The fourth-order valence-corrected chi connectivity index (χ4v) is 2.78. The van der Waals surface area contributed by atoms with Crippen molar-refractivity contribution >= 4 is 17.6 Å². The van der Waals surface area contributed by atoms with Gasteiger partial charge in [0, 0.05) is 23.3 Å². The van der Waals surface area contributed by atoms with Crippen LogP contribution >= 0.6 is 11.8 Å². The van der Waals surface area contributed by atoms with Crippen LogP contribution in [-0.4, -0.2) is 18.2 Å². The van der Waals surface area contributed by atoms with Gasteiger partial charge in [-0.1, -0.05) is 6.07 Å². The van der Waals surface area contributed by atoms with Crippen LogP contribution in [-0.2, 0) is 5.75 Å². The first-order valence-electron chi connectivity index (χ1n) is 6.54. The van der Waals surface area contributed by atoms with Gasteiger partial charge in [0.1, 0.15) is 5.82 Å². The summed E-state index contributed by atoms with van der Waals surface area (Å²) in [5.41, 5.74) is 6.73. The van der Waals surface area contributed by atoms with Crippen LogP contribution in [0, 0.1) is 0 Å². The number of ether oxygens (including phenoxy) is 2. The molecule has 2 N–H and O–H groups in total. The lowest BCUT2D eigenvalue weighted by molar-refractivity contribution is 0.297. The summed E-state index contributed by atoms with van der Waals surface area (Å²) >= 11 is 1.74.